The minimum atomic E-state index is 0.581. The first-order valence-corrected chi connectivity index (χ1v) is 6.23. The quantitative estimate of drug-likeness (QED) is 0.820. The monoisotopic (exact) mass is 218 g/mol. The Bertz CT molecular complexity index is 321. The molecule has 2 heteroatoms. The van der Waals surface area contributed by atoms with Gasteiger partial charge in [-0.05, 0) is 25.0 Å². The SMILES string of the molecule is CC(C)C1CN(c2ccccc2)C(C)CN1. The molecular formula is C14H22N2. The Balaban J connectivity index is 2.13. The number of para-hydroxylation sites is 1. The summed E-state index contributed by atoms with van der Waals surface area (Å²) in [5.41, 5.74) is 1.35. The third-order valence-corrected chi connectivity index (χ3v) is 3.49. The molecule has 1 saturated heterocycles. The summed E-state index contributed by atoms with van der Waals surface area (Å²) < 4.78 is 0. The van der Waals surface area contributed by atoms with Gasteiger partial charge in [-0.3, -0.25) is 0 Å². The van der Waals surface area contributed by atoms with Crippen LogP contribution in [0.2, 0.25) is 0 Å². The van der Waals surface area contributed by atoms with Gasteiger partial charge in [0.25, 0.3) is 0 Å². The fourth-order valence-electron chi connectivity index (χ4n) is 2.31. The molecule has 2 atom stereocenters. The molecule has 1 heterocycles. The van der Waals surface area contributed by atoms with Crippen molar-refractivity contribution in [1.29, 1.82) is 0 Å². The van der Waals surface area contributed by atoms with E-state index in [2.05, 4.69) is 61.3 Å². The van der Waals surface area contributed by atoms with E-state index in [9.17, 15) is 0 Å². The van der Waals surface area contributed by atoms with Gasteiger partial charge in [0.15, 0.2) is 0 Å². The van der Waals surface area contributed by atoms with E-state index < -0.39 is 0 Å². The summed E-state index contributed by atoms with van der Waals surface area (Å²) in [4.78, 5) is 2.52. The van der Waals surface area contributed by atoms with E-state index in [0.29, 0.717) is 18.0 Å². The molecule has 0 aliphatic carbocycles. The van der Waals surface area contributed by atoms with Gasteiger partial charge in [0.1, 0.15) is 0 Å². The Hall–Kier alpha value is -1.02. The van der Waals surface area contributed by atoms with Crippen LogP contribution in [0.25, 0.3) is 0 Å². The van der Waals surface area contributed by atoms with Crippen molar-refractivity contribution >= 4 is 5.69 Å². The van der Waals surface area contributed by atoms with E-state index in [0.717, 1.165) is 13.1 Å². The highest BCUT2D eigenvalue weighted by Gasteiger charge is 2.26. The lowest BCUT2D eigenvalue weighted by molar-refractivity contribution is 0.337. The molecule has 0 saturated carbocycles. The second-order valence-corrected chi connectivity index (χ2v) is 5.10. The molecule has 1 fully saturated rings. The summed E-state index contributed by atoms with van der Waals surface area (Å²) in [6, 6.07) is 11.9. The predicted octanol–water partition coefficient (Wildman–Crippen LogP) is 2.51. The van der Waals surface area contributed by atoms with Crippen LogP contribution in [0.1, 0.15) is 20.8 Å². The minimum Gasteiger partial charge on any atom is -0.366 e. The standard InChI is InChI=1S/C14H22N2/c1-11(2)14-10-16(12(3)9-15-14)13-7-5-4-6-8-13/h4-8,11-12,14-15H,9-10H2,1-3H3. The molecular weight excluding hydrogens is 196 g/mol. The molecule has 88 valence electrons. The maximum Gasteiger partial charge on any atom is 0.0387 e. The van der Waals surface area contributed by atoms with Crippen molar-refractivity contribution in [3.05, 3.63) is 30.3 Å². The summed E-state index contributed by atoms with van der Waals surface area (Å²) in [6.45, 7) is 9.06. The van der Waals surface area contributed by atoms with Crippen molar-refractivity contribution in [2.45, 2.75) is 32.9 Å². The molecule has 2 rings (SSSR count). The molecule has 2 unspecified atom stereocenters. The van der Waals surface area contributed by atoms with Gasteiger partial charge in [0.05, 0.1) is 0 Å². The zero-order valence-electron chi connectivity index (χ0n) is 10.5. The van der Waals surface area contributed by atoms with Crippen LogP contribution < -0.4 is 10.2 Å². The lowest BCUT2D eigenvalue weighted by atomic mass is 9.99. The summed E-state index contributed by atoms with van der Waals surface area (Å²) in [6.07, 6.45) is 0. The summed E-state index contributed by atoms with van der Waals surface area (Å²) in [5, 5.41) is 3.63. The number of anilines is 1. The second-order valence-electron chi connectivity index (χ2n) is 5.10. The number of piperazine rings is 1. The highest BCUT2D eigenvalue weighted by molar-refractivity contribution is 5.47. The van der Waals surface area contributed by atoms with Crippen molar-refractivity contribution in [2.75, 3.05) is 18.0 Å². The van der Waals surface area contributed by atoms with Crippen LogP contribution >= 0.6 is 0 Å². The van der Waals surface area contributed by atoms with Crippen molar-refractivity contribution in [2.24, 2.45) is 5.92 Å². The Kier molecular flexibility index (Phi) is 3.49. The molecule has 1 N–H and O–H groups in total. The van der Waals surface area contributed by atoms with E-state index in [1.54, 1.807) is 0 Å². The molecule has 1 aliphatic rings. The van der Waals surface area contributed by atoms with Crippen LogP contribution in [0.3, 0.4) is 0 Å². The Morgan fingerprint density at radius 2 is 1.94 bits per heavy atom. The maximum atomic E-state index is 3.63. The zero-order valence-corrected chi connectivity index (χ0v) is 10.5. The van der Waals surface area contributed by atoms with E-state index in [-0.39, 0.29) is 0 Å². The first-order valence-electron chi connectivity index (χ1n) is 6.23. The average molecular weight is 218 g/mol. The lowest BCUT2D eigenvalue weighted by Crippen LogP contribution is -2.57. The van der Waals surface area contributed by atoms with Gasteiger partial charge in [0.2, 0.25) is 0 Å². The fraction of sp³-hybridized carbons (Fsp3) is 0.571. The Morgan fingerprint density at radius 3 is 2.56 bits per heavy atom. The van der Waals surface area contributed by atoms with Gasteiger partial charge in [-0.15, -0.1) is 0 Å². The van der Waals surface area contributed by atoms with Crippen LogP contribution in [-0.2, 0) is 0 Å². The smallest absolute Gasteiger partial charge is 0.0387 e. The number of nitrogens with zero attached hydrogens (tertiary/aromatic N) is 1. The average Bonchev–Trinajstić information content (AvgIpc) is 2.30. The first-order chi connectivity index (χ1) is 7.68. The van der Waals surface area contributed by atoms with Crippen LogP contribution in [0.5, 0.6) is 0 Å². The van der Waals surface area contributed by atoms with Crippen molar-refractivity contribution in [3.8, 4) is 0 Å². The van der Waals surface area contributed by atoms with Crippen LogP contribution in [0.15, 0.2) is 30.3 Å². The largest absolute Gasteiger partial charge is 0.366 e. The van der Waals surface area contributed by atoms with E-state index in [4.69, 9.17) is 0 Å². The van der Waals surface area contributed by atoms with Gasteiger partial charge in [-0.2, -0.15) is 0 Å². The van der Waals surface area contributed by atoms with Crippen molar-refractivity contribution in [3.63, 3.8) is 0 Å². The molecule has 1 aliphatic heterocycles. The predicted molar refractivity (Wildman–Crippen MR) is 69.9 cm³/mol. The van der Waals surface area contributed by atoms with E-state index >= 15 is 0 Å². The van der Waals surface area contributed by atoms with Crippen LogP contribution in [-0.4, -0.2) is 25.2 Å². The van der Waals surface area contributed by atoms with Gasteiger partial charge >= 0.3 is 0 Å². The number of hydrogen-bond acceptors (Lipinski definition) is 2. The highest BCUT2D eigenvalue weighted by atomic mass is 15.2. The third-order valence-electron chi connectivity index (χ3n) is 3.49. The Morgan fingerprint density at radius 1 is 1.25 bits per heavy atom. The molecule has 0 bridgehead atoms. The van der Waals surface area contributed by atoms with Gasteiger partial charge in [0, 0.05) is 30.9 Å². The lowest BCUT2D eigenvalue weighted by Gasteiger charge is -2.41. The summed E-state index contributed by atoms with van der Waals surface area (Å²) >= 11 is 0. The van der Waals surface area contributed by atoms with Gasteiger partial charge in [-0.25, -0.2) is 0 Å². The van der Waals surface area contributed by atoms with E-state index in [1.165, 1.54) is 5.69 Å². The number of rotatable bonds is 2. The van der Waals surface area contributed by atoms with Crippen molar-refractivity contribution < 1.29 is 0 Å². The number of hydrogen-bond donors (Lipinski definition) is 1. The van der Waals surface area contributed by atoms with Crippen molar-refractivity contribution in [1.82, 2.24) is 5.32 Å². The van der Waals surface area contributed by atoms with Gasteiger partial charge in [-0.1, -0.05) is 32.0 Å². The number of benzene rings is 1. The summed E-state index contributed by atoms with van der Waals surface area (Å²) in [7, 11) is 0. The molecule has 2 nitrogen and oxygen atoms in total. The highest BCUT2D eigenvalue weighted by Crippen LogP contribution is 2.21. The molecule has 0 aromatic heterocycles. The molecule has 16 heavy (non-hydrogen) atoms. The van der Waals surface area contributed by atoms with Crippen LogP contribution in [0.4, 0.5) is 5.69 Å². The molecule has 0 spiro atoms. The topological polar surface area (TPSA) is 15.3 Å². The van der Waals surface area contributed by atoms with E-state index in [1.807, 2.05) is 0 Å². The second kappa shape index (κ2) is 4.88. The van der Waals surface area contributed by atoms with Gasteiger partial charge < -0.3 is 10.2 Å². The minimum absolute atomic E-state index is 0.581. The normalized spacial score (nSPS) is 26.1. The van der Waals surface area contributed by atoms with Crippen LogP contribution in [0, 0.1) is 5.92 Å². The zero-order chi connectivity index (χ0) is 11.5. The molecule has 1 aromatic rings. The first kappa shape index (κ1) is 11.5. The fourth-order valence-corrected chi connectivity index (χ4v) is 2.31. The molecule has 0 amide bonds. The Labute approximate surface area is 98.7 Å². The summed E-state index contributed by atoms with van der Waals surface area (Å²) in [5.74, 6) is 0.693. The molecule has 1 aromatic carbocycles. The molecule has 0 radical (unpaired) electrons. The third kappa shape index (κ3) is 2.38. The maximum absolute atomic E-state index is 3.63. The number of nitrogens with one attached hydrogen (secondary N) is 1.